The number of carbonyl (C=O) groups excluding carboxylic acids is 1. The van der Waals surface area contributed by atoms with Crippen LogP contribution in [0, 0.1) is 5.92 Å². The SMILES string of the molecule is CC(=NC(C)C)C1=C(O)C(CC(C)C)OC1=O. The van der Waals surface area contributed by atoms with Gasteiger partial charge in [-0.1, -0.05) is 13.8 Å². The van der Waals surface area contributed by atoms with Crippen LogP contribution in [0.25, 0.3) is 0 Å². The van der Waals surface area contributed by atoms with E-state index in [0.29, 0.717) is 18.1 Å². The fourth-order valence-corrected chi connectivity index (χ4v) is 1.88. The van der Waals surface area contributed by atoms with Gasteiger partial charge in [-0.25, -0.2) is 4.79 Å². The highest BCUT2D eigenvalue weighted by molar-refractivity contribution is 6.20. The lowest BCUT2D eigenvalue weighted by molar-refractivity contribution is -0.140. The highest BCUT2D eigenvalue weighted by Gasteiger charge is 2.35. The van der Waals surface area contributed by atoms with Crippen molar-refractivity contribution in [1.82, 2.24) is 0 Å². The van der Waals surface area contributed by atoms with E-state index < -0.39 is 12.1 Å². The Morgan fingerprint density at radius 1 is 1.41 bits per heavy atom. The molecule has 0 radical (unpaired) electrons. The van der Waals surface area contributed by atoms with Gasteiger partial charge in [0, 0.05) is 6.04 Å². The monoisotopic (exact) mass is 239 g/mol. The van der Waals surface area contributed by atoms with Crippen LogP contribution in [-0.4, -0.2) is 28.9 Å². The second-order valence-corrected chi connectivity index (χ2v) is 5.09. The number of hydrogen-bond donors (Lipinski definition) is 1. The molecule has 17 heavy (non-hydrogen) atoms. The van der Waals surface area contributed by atoms with Gasteiger partial charge in [-0.3, -0.25) is 4.99 Å². The van der Waals surface area contributed by atoms with E-state index in [1.807, 2.05) is 27.7 Å². The normalized spacial score (nSPS) is 21.7. The van der Waals surface area contributed by atoms with Crippen LogP contribution in [0.4, 0.5) is 0 Å². The summed E-state index contributed by atoms with van der Waals surface area (Å²) >= 11 is 0. The summed E-state index contributed by atoms with van der Waals surface area (Å²) in [6.07, 6.45) is 0.130. The quantitative estimate of drug-likeness (QED) is 0.606. The Morgan fingerprint density at radius 3 is 2.47 bits per heavy atom. The first-order valence-electron chi connectivity index (χ1n) is 6.01. The molecule has 0 aromatic heterocycles. The molecule has 4 nitrogen and oxygen atoms in total. The molecule has 0 saturated carbocycles. The van der Waals surface area contributed by atoms with Gasteiger partial charge in [0.25, 0.3) is 0 Å². The predicted molar refractivity (Wildman–Crippen MR) is 67.2 cm³/mol. The Morgan fingerprint density at radius 2 is 2.00 bits per heavy atom. The molecule has 0 amide bonds. The molecule has 4 heteroatoms. The van der Waals surface area contributed by atoms with Gasteiger partial charge in [-0.15, -0.1) is 0 Å². The zero-order valence-electron chi connectivity index (χ0n) is 11.2. The number of aliphatic imine (C=N–C) groups is 1. The Balaban J connectivity index is 2.96. The number of carbonyl (C=O) groups is 1. The van der Waals surface area contributed by atoms with E-state index in [4.69, 9.17) is 4.74 Å². The fraction of sp³-hybridized carbons (Fsp3) is 0.692. The van der Waals surface area contributed by atoms with E-state index in [9.17, 15) is 9.90 Å². The zero-order chi connectivity index (χ0) is 13.2. The van der Waals surface area contributed by atoms with Gasteiger partial charge in [0.05, 0.1) is 5.71 Å². The van der Waals surface area contributed by atoms with Gasteiger partial charge in [0.2, 0.25) is 0 Å². The number of ether oxygens (including phenoxy) is 1. The van der Waals surface area contributed by atoms with Crippen LogP contribution in [0.3, 0.4) is 0 Å². The summed E-state index contributed by atoms with van der Waals surface area (Å²) < 4.78 is 5.16. The van der Waals surface area contributed by atoms with Crippen molar-refractivity contribution in [2.75, 3.05) is 0 Å². The van der Waals surface area contributed by atoms with Crippen LogP contribution in [-0.2, 0) is 9.53 Å². The maximum Gasteiger partial charge on any atom is 0.344 e. The lowest BCUT2D eigenvalue weighted by atomic mass is 10.0. The molecule has 0 fully saturated rings. The van der Waals surface area contributed by atoms with Crippen molar-refractivity contribution < 1.29 is 14.6 Å². The number of aliphatic hydroxyl groups excluding tert-OH is 1. The Hall–Kier alpha value is -1.32. The predicted octanol–water partition coefficient (Wildman–Crippen LogP) is 2.64. The maximum absolute atomic E-state index is 11.7. The number of esters is 1. The third-order valence-electron chi connectivity index (χ3n) is 2.51. The van der Waals surface area contributed by atoms with Crippen LogP contribution in [0.5, 0.6) is 0 Å². The minimum atomic E-state index is -0.505. The molecular weight excluding hydrogens is 218 g/mol. The largest absolute Gasteiger partial charge is 0.507 e. The van der Waals surface area contributed by atoms with Gasteiger partial charge in [-0.2, -0.15) is 0 Å². The molecule has 1 N–H and O–H groups in total. The molecule has 1 aliphatic heterocycles. The summed E-state index contributed by atoms with van der Waals surface area (Å²) in [5, 5.41) is 10.0. The van der Waals surface area contributed by atoms with Crippen LogP contribution >= 0.6 is 0 Å². The van der Waals surface area contributed by atoms with Gasteiger partial charge in [0.15, 0.2) is 6.10 Å². The van der Waals surface area contributed by atoms with E-state index in [-0.39, 0.29) is 17.4 Å². The molecule has 0 bridgehead atoms. The summed E-state index contributed by atoms with van der Waals surface area (Å²) in [5.74, 6) is -0.0720. The van der Waals surface area contributed by atoms with Crippen LogP contribution in [0.2, 0.25) is 0 Å². The summed E-state index contributed by atoms with van der Waals surface area (Å²) in [4.78, 5) is 16.0. The number of nitrogens with zero attached hydrogens (tertiary/aromatic N) is 1. The summed E-state index contributed by atoms with van der Waals surface area (Å²) in [6, 6.07) is 0.0900. The minimum absolute atomic E-state index is 0.0330. The van der Waals surface area contributed by atoms with Gasteiger partial charge >= 0.3 is 5.97 Å². The molecule has 1 rings (SSSR count). The van der Waals surface area contributed by atoms with Crippen LogP contribution < -0.4 is 0 Å². The van der Waals surface area contributed by atoms with E-state index in [1.165, 1.54) is 0 Å². The lowest BCUT2D eigenvalue weighted by Crippen LogP contribution is -2.14. The first kappa shape index (κ1) is 13.7. The molecular formula is C13H21NO3. The van der Waals surface area contributed by atoms with Crippen molar-refractivity contribution in [3.63, 3.8) is 0 Å². The van der Waals surface area contributed by atoms with E-state index >= 15 is 0 Å². The Kier molecular flexibility index (Phi) is 4.32. The van der Waals surface area contributed by atoms with E-state index in [0.717, 1.165) is 0 Å². The molecule has 1 heterocycles. The standard InChI is InChI=1S/C13H21NO3/c1-7(2)6-10-12(15)11(13(16)17-10)9(5)14-8(3)4/h7-8,10,15H,6H2,1-5H3. The second-order valence-electron chi connectivity index (χ2n) is 5.09. The van der Waals surface area contributed by atoms with Crippen molar-refractivity contribution in [3.05, 3.63) is 11.3 Å². The molecule has 0 aliphatic carbocycles. The van der Waals surface area contributed by atoms with Crippen molar-refractivity contribution in [1.29, 1.82) is 0 Å². The average molecular weight is 239 g/mol. The molecule has 0 aromatic rings. The third-order valence-corrected chi connectivity index (χ3v) is 2.51. The summed E-state index contributed by atoms with van der Waals surface area (Å²) in [7, 11) is 0. The molecule has 0 aromatic carbocycles. The molecule has 0 saturated heterocycles. The number of hydrogen-bond acceptors (Lipinski definition) is 4. The van der Waals surface area contributed by atoms with Crippen molar-refractivity contribution >= 4 is 11.7 Å². The number of aliphatic hydroxyl groups is 1. The number of rotatable bonds is 4. The lowest BCUT2D eigenvalue weighted by Gasteiger charge is -2.11. The fourth-order valence-electron chi connectivity index (χ4n) is 1.88. The second kappa shape index (κ2) is 5.34. The van der Waals surface area contributed by atoms with E-state index in [1.54, 1.807) is 6.92 Å². The number of cyclic esters (lactones) is 1. The van der Waals surface area contributed by atoms with Crippen LogP contribution in [0.15, 0.2) is 16.3 Å². The topological polar surface area (TPSA) is 58.9 Å². The molecule has 96 valence electrons. The molecule has 1 atom stereocenters. The Bertz CT molecular complexity index is 367. The summed E-state index contributed by atoms with van der Waals surface area (Å²) in [6.45, 7) is 9.62. The first-order chi connectivity index (χ1) is 7.82. The minimum Gasteiger partial charge on any atom is -0.507 e. The van der Waals surface area contributed by atoms with Crippen molar-refractivity contribution in [2.45, 2.75) is 53.2 Å². The average Bonchev–Trinajstić information content (AvgIpc) is 2.39. The highest BCUT2D eigenvalue weighted by Crippen LogP contribution is 2.26. The zero-order valence-corrected chi connectivity index (χ0v) is 11.2. The van der Waals surface area contributed by atoms with Gasteiger partial charge in [-0.05, 0) is 33.1 Å². The highest BCUT2D eigenvalue weighted by atomic mass is 16.6. The van der Waals surface area contributed by atoms with E-state index in [2.05, 4.69) is 4.99 Å². The van der Waals surface area contributed by atoms with Gasteiger partial charge in [0.1, 0.15) is 11.3 Å². The van der Waals surface area contributed by atoms with Crippen molar-refractivity contribution in [2.24, 2.45) is 10.9 Å². The smallest absolute Gasteiger partial charge is 0.344 e. The molecule has 0 spiro atoms. The first-order valence-corrected chi connectivity index (χ1v) is 6.01. The molecule has 1 unspecified atom stereocenters. The Labute approximate surface area is 102 Å². The maximum atomic E-state index is 11.7. The summed E-state index contributed by atoms with van der Waals surface area (Å²) in [5.41, 5.74) is 0.790. The van der Waals surface area contributed by atoms with Gasteiger partial charge < -0.3 is 9.84 Å². The van der Waals surface area contributed by atoms with Crippen molar-refractivity contribution in [3.8, 4) is 0 Å². The third kappa shape index (κ3) is 3.32. The van der Waals surface area contributed by atoms with Crippen LogP contribution in [0.1, 0.15) is 41.0 Å². The molecule has 1 aliphatic rings.